The van der Waals surface area contributed by atoms with E-state index >= 15 is 0 Å². The molecule has 10 heteroatoms. The third-order valence-corrected chi connectivity index (χ3v) is 4.73. The highest BCUT2D eigenvalue weighted by Crippen LogP contribution is 2.30. The van der Waals surface area contributed by atoms with E-state index in [1.54, 1.807) is 42.9 Å². The maximum Gasteiger partial charge on any atom is 0.433 e. The Kier molecular flexibility index (Phi) is 6.07. The molecule has 0 aliphatic carbocycles. The maximum absolute atomic E-state index is 12.9. The van der Waals surface area contributed by atoms with Gasteiger partial charge in [-0.05, 0) is 48.4 Å². The normalized spacial score (nSPS) is 11.3. The summed E-state index contributed by atoms with van der Waals surface area (Å²) in [6, 6.07) is 11.7. The van der Waals surface area contributed by atoms with Gasteiger partial charge in [-0.1, -0.05) is 12.1 Å². The monoisotopic (exact) mass is 452 g/mol. The molecule has 0 bridgehead atoms. The minimum atomic E-state index is -4.55. The fourth-order valence-corrected chi connectivity index (χ4v) is 3.22. The molecule has 3 aromatic heterocycles. The molecule has 3 N–H and O–H groups in total. The highest BCUT2D eigenvalue weighted by Gasteiger charge is 2.32. The van der Waals surface area contributed by atoms with E-state index in [1.807, 2.05) is 19.1 Å². The Labute approximate surface area is 186 Å². The molecule has 0 saturated heterocycles. The van der Waals surface area contributed by atoms with Crippen molar-refractivity contribution in [1.82, 2.24) is 19.9 Å². The summed E-state index contributed by atoms with van der Waals surface area (Å²) in [4.78, 5) is 26.2. The minimum Gasteiger partial charge on any atom is -0.379 e. The Bertz CT molecular complexity index is 1340. The lowest BCUT2D eigenvalue weighted by molar-refractivity contribution is -0.141. The second kappa shape index (κ2) is 9.11. The van der Waals surface area contributed by atoms with Crippen molar-refractivity contribution in [2.45, 2.75) is 19.6 Å². The summed E-state index contributed by atoms with van der Waals surface area (Å²) in [5.41, 5.74) is 3.14. The number of nitrogens with zero attached hydrogens (tertiary/aromatic N) is 3. The van der Waals surface area contributed by atoms with E-state index in [4.69, 9.17) is 0 Å². The van der Waals surface area contributed by atoms with Crippen LogP contribution in [0.3, 0.4) is 0 Å². The van der Waals surface area contributed by atoms with Crippen LogP contribution < -0.4 is 16.2 Å². The quantitative estimate of drug-likeness (QED) is 0.385. The molecular formula is C23H19F3N6O. The number of pyridine rings is 2. The zero-order valence-electron chi connectivity index (χ0n) is 17.4. The number of alkyl halides is 3. The lowest BCUT2D eigenvalue weighted by atomic mass is 10.0. The van der Waals surface area contributed by atoms with Crippen molar-refractivity contribution >= 4 is 17.3 Å². The van der Waals surface area contributed by atoms with Crippen molar-refractivity contribution in [1.29, 1.82) is 0 Å². The predicted molar refractivity (Wildman–Crippen MR) is 119 cm³/mol. The lowest BCUT2D eigenvalue weighted by Gasteiger charge is -2.12. The molecule has 4 rings (SSSR count). The molecule has 0 atom stereocenters. The highest BCUT2D eigenvalue weighted by atomic mass is 19.4. The van der Waals surface area contributed by atoms with E-state index in [0.29, 0.717) is 23.5 Å². The molecule has 4 aromatic rings. The number of hydrogen-bond acceptors (Lipinski definition) is 6. The van der Waals surface area contributed by atoms with E-state index in [2.05, 4.69) is 30.6 Å². The summed E-state index contributed by atoms with van der Waals surface area (Å²) in [6.07, 6.45) is 1.40. The van der Waals surface area contributed by atoms with Crippen LogP contribution in [0.25, 0.3) is 11.1 Å². The van der Waals surface area contributed by atoms with Gasteiger partial charge in [0.15, 0.2) is 0 Å². The first kappa shape index (κ1) is 22.0. The summed E-state index contributed by atoms with van der Waals surface area (Å²) in [5.74, 6) is -0.150. The minimum absolute atomic E-state index is 0.150. The number of benzene rings is 1. The van der Waals surface area contributed by atoms with Crippen molar-refractivity contribution in [2.75, 3.05) is 10.6 Å². The fraction of sp³-hybridized carbons (Fsp3) is 0.130. The molecule has 0 unspecified atom stereocenters. The van der Waals surface area contributed by atoms with Gasteiger partial charge in [0.05, 0.1) is 5.69 Å². The first-order valence-corrected chi connectivity index (χ1v) is 9.93. The average Bonchev–Trinajstić information content (AvgIpc) is 2.78. The van der Waals surface area contributed by atoms with Gasteiger partial charge in [-0.3, -0.25) is 9.78 Å². The SMILES string of the molecule is Cc1cc(Nc2nccc(C(F)(F)F)n2)cc(-c2cncc(NCc3ccc[nH]c3=O)c2)c1. The van der Waals surface area contributed by atoms with Crippen LogP contribution in [0.4, 0.5) is 30.5 Å². The number of aromatic amines is 1. The first-order chi connectivity index (χ1) is 15.8. The molecule has 168 valence electrons. The molecule has 0 aliphatic heterocycles. The van der Waals surface area contributed by atoms with Gasteiger partial charge in [0, 0.05) is 48.1 Å². The van der Waals surface area contributed by atoms with Crippen LogP contribution >= 0.6 is 0 Å². The van der Waals surface area contributed by atoms with Crippen LogP contribution in [-0.4, -0.2) is 19.9 Å². The second-order valence-corrected chi connectivity index (χ2v) is 7.32. The molecule has 0 radical (unpaired) electrons. The zero-order chi connectivity index (χ0) is 23.4. The summed E-state index contributed by atoms with van der Waals surface area (Å²) in [6.45, 7) is 2.20. The number of hydrogen-bond donors (Lipinski definition) is 3. The van der Waals surface area contributed by atoms with Crippen molar-refractivity contribution in [3.05, 3.63) is 94.4 Å². The van der Waals surface area contributed by atoms with Gasteiger partial charge >= 0.3 is 6.18 Å². The number of aryl methyl sites for hydroxylation is 1. The Morgan fingerprint density at radius 1 is 1.03 bits per heavy atom. The molecule has 0 fully saturated rings. The van der Waals surface area contributed by atoms with Crippen LogP contribution in [0.1, 0.15) is 16.8 Å². The molecule has 33 heavy (non-hydrogen) atoms. The van der Waals surface area contributed by atoms with E-state index in [-0.39, 0.29) is 11.5 Å². The smallest absolute Gasteiger partial charge is 0.379 e. The molecule has 0 aliphatic rings. The molecule has 1 aromatic carbocycles. The van der Waals surface area contributed by atoms with Crippen LogP contribution in [0.2, 0.25) is 0 Å². The summed E-state index contributed by atoms with van der Waals surface area (Å²) >= 11 is 0. The highest BCUT2D eigenvalue weighted by molar-refractivity contribution is 5.72. The summed E-state index contributed by atoms with van der Waals surface area (Å²) in [7, 11) is 0. The second-order valence-electron chi connectivity index (χ2n) is 7.32. The van der Waals surface area contributed by atoms with Gasteiger partial charge < -0.3 is 15.6 Å². The molecular weight excluding hydrogens is 433 g/mol. The molecule has 0 spiro atoms. The van der Waals surface area contributed by atoms with Crippen molar-refractivity contribution in [3.8, 4) is 11.1 Å². The topological polar surface area (TPSA) is 95.6 Å². The zero-order valence-corrected chi connectivity index (χ0v) is 17.4. The maximum atomic E-state index is 12.9. The van der Waals surface area contributed by atoms with Crippen molar-refractivity contribution in [2.24, 2.45) is 0 Å². The van der Waals surface area contributed by atoms with Crippen LogP contribution in [0.15, 0.2) is 72.0 Å². The van der Waals surface area contributed by atoms with Crippen molar-refractivity contribution < 1.29 is 13.2 Å². The Morgan fingerprint density at radius 2 is 1.85 bits per heavy atom. The van der Waals surface area contributed by atoms with Gasteiger partial charge in [0.1, 0.15) is 5.69 Å². The lowest BCUT2D eigenvalue weighted by Crippen LogP contribution is -2.14. The van der Waals surface area contributed by atoms with Crippen LogP contribution in [0.5, 0.6) is 0 Å². The van der Waals surface area contributed by atoms with Crippen LogP contribution in [-0.2, 0) is 12.7 Å². The number of halogens is 3. The number of anilines is 3. The Hall–Kier alpha value is -4.21. The number of nitrogens with one attached hydrogen (secondary N) is 3. The van der Waals surface area contributed by atoms with Gasteiger partial charge in [-0.2, -0.15) is 13.2 Å². The fourth-order valence-electron chi connectivity index (χ4n) is 3.22. The Balaban J connectivity index is 1.56. The third-order valence-electron chi connectivity index (χ3n) is 4.73. The number of rotatable bonds is 6. The third kappa shape index (κ3) is 5.53. The van der Waals surface area contributed by atoms with E-state index < -0.39 is 11.9 Å². The number of H-pyrrole nitrogens is 1. The molecule has 0 saturated carbocycles. The first-order valence-electron chi connectivity index (χ1n) is 9.93. The van der Waals surface area contributed by atoms with Gasteiger partial charge in [-0.15, -0.1) is 0 Å². The van der Waals surface area contributed by atoms with E-state index in [1.165, 1.54) is 0 Å². The average molecular weight is 452 g/mol. The summed E-state index contributed by atoms with van der Waals surface area (Å²) in [5, 5.41) is 6.02. The predicted octanol–water partition coefficient (Wildman–Crippen LogP) is 4.91. The van der Waals surface area contributed by atoms with E-state index in [0.717, 1.165) is 29.0 Å². The number of aromatic nitrogens is 4. The van der Waals surface area contributed by atoms with Gasteiger partial charge in [0.25, 0.3) is 5.56 Å². The van der Waals surface area contributed by atoms with Gasteiger partial charge in [-0.25, -0.2) is 9.97 Å². The standard InChI is InChI=1S/C23H19F3N6O/c1-14-7-16(9-18(8-14)31-22-29-6-4-20(32-22)23(24,25)26)17-10-19(13-27-11-17)30-12-15-3-2-5-28-21(15)33/h2-11,13,30H,12H2,1H3,(H,28,33)(H,29,31,32). The van der Waals surface area contributed by atoms with Gasteiger partial charge in [0.2, 0.25) is 5.95 Å². The molecule has 3 heterocycles. The van der Waals surface area contributed by atoms with Crippen LogP contribution in [0, 0.1) is 6.92 Å². The largest absolute Gasteiger partial charge is 0.433 e. The molecule has 0 amide bonds. The Morgan fingerprint density at radius 3 is 2.64 bits per heavy atom. The van der Waals surface area contributed by atoms with Crippen molar-refractivity contribution in [3.63, 3.8) is 0 Å². The molecule has 7 nitrogen and oxygen atoms in total. The van der Waals surface area contributed by atoms with E-state index in [9.17, 15) is 18.0 Å². The summed E-state index contributed by atoms with van der Waals surface area (Å²) < 4.78 is 38.8.